The van der Waals surface area contributed by atoms with E-state index < -0.39 is 23.4 Å². The van der Waals surface area contributed by atoms with Crippen LogP contribution in [0.5, 0.6) is 17.2 Å². The first kappa shape index (κ1) is 65.2. The average molecular weight is 1060 g/mol. The van der Waals surface area contributed by atoms with Gasteiger partial charge in [0.2, 0.25) is 0 Å². The Morgan fingerprint density at radius 3 is 1.30 bits per heavy atom. The highest BCUT2D eigenvalue weighted by Gasteiger charge is 2.31. The van der Waals surface area contributed by atoms with Crippen LogP contribution in [0.4, 0.5) is 0 Å². The largest absolute Gasteiger partial charge is 0.491 e. The SMILES string of the molecule is CCCC/C=C/CCCCCCCCCc1cccc(OCC(O)COC(C)(CC)c2ccc(C(C)(C)c3ccc(OC(C)(CC)CC(O)COc4cccc(CCCCCCCCC/C=C/CCCC)c4)cc3)cc2)c1. The Morgan fingerprint density at radius 2 is 0.844 bits per heavy atom. The Labute approximate surface area is 470 Å². The third-order valence-electron chi connectivity index (χ3n) is 16.0. The van der Waals surface area contributed by atoms with Crippen molar-refractivity contribution in [3.8, 4) is 17.2 Å². The second-order valence-electron chi connectivity index (χ2n) is 23.2. The third kappa shape index (κ3) is 26.0. The van der Waals surface area contributed by atoms with Crippen LogP contribution in [0.3, 0.4) is 0 Å². The Morgan fingerprint density at radius 1 is 0.429 bits per heavy atom. The van der Waals surface area contributed by atoms with Gasteiger partial charge in [-0.15, -0.1) is 0 Å². The molecule has 0 fully saturated rings. The number of benzene rings is 4. The summed E-state index contributed by atoms with van der Waals surface area (Å²) in [6.45, 7) is 18.0. The number of ether oxygens (including phenoxy) is 4. The van der Waals surface area contributed by atoms with E-state index in [1.165, 1.54) is 164 Å². The van der Waals surface area contributed by atoms with Gasteiger partial charge in [0.25, 0.3) is 0 Å². The zero-order valence-corrected chi connectivity index (χ0v) is 49.9. The molecule has 0 amide bonds. The maximum atomic E-state index is 11.2. The van der Waals surface area contributed by atoms with Crippen molar-refractivity contribution in [3.05, 3.63) is 149 Å². The summed E-state index contributed by atoms with van der Waals surface area (Å²) in [6.07, 6.45) is 40.4. The van der Waals surface area contributed by atoms with Gasteiger partial charge in [0, 0.05) is 11.8 Å². The number of rotatable bonds is 44. The summed E-state index contributed by atoms with van der Waals surface area (Å²) in [4.78, 5) is 0. The van der Waals surface area contributed by atoms with Crippen LogP contribution in [-0.4, -0.2) is 47.8 Å². The first-order chi connectivity index (χ1) is 37.3. The normalized spacial score (nSPS) is 14.4. The van der Waals surface area contributed by atoms with Gasteiger partial charge in [-0.3, -0.25) is 0 Å². The zero-order valence-electron chi connectivity index (χ0n) is 49.9. The minimum absolute atomic E-state index is 0.178. The fraction of sp³-hybridized carbons (Fsp3) is 0.606. The van der Waals surface area contributed by atoms with Gasteiger partial charge in [0.05, 0.1) is 18.3 Å². The average Bonchev–Trinajstić information content (AvgIpc) is 3.44. The molecule has 77 heavy (non-hydrogen) atoms. The Kier molecular flexibility index (Phi) is 31.7. The smallest absolute Gasteiger partial charge is 0.120 e. The third-order valence-corrected chi connectivity index (χ3v) is 16.0. The van der Waals surface area contributed by atoms with E-state index >= 15 is 0 Å². The van der Waals surface area contributed by atoms with Gasteiger partial charge < -0.3 is 29.2 Å². The molecule has 0 aliphatic rings. The second kappa shape index (κ2) is 37.5. The summed E-state index contributed by atoms with van der Waals surface area (Å²) in [6, 6.07) is 33.9. The lowest BCUT2D eigenvalue weighted by Gasteiger charge is -2.33. The van der Waals surface area contributed by atoms with E-state index in [-0.39, 0.29) is 25.2 Å². The molecule has 0 aliphatic carbocycles. The van der Waals surface area contributed by atoms with Crippen LogP contribution in [0, 0.1) is 0 Å². The minimum atomic E-state index is -0.753. The molecule has 0 bridgehead atoms. The van der Waals surface area contributed by atoms with E-state index in [2.05, 4.69) is 165 Å². The molecule has 428 valence electrons. The molecular weight excluding hydrogens is 949 g/mol. The number of aliphatic hydroxyl groups is 2. The van der Waals surface area contributed by atoms with Gasteiger partial charge in [-0.1, -0.05) is 216 Å². The van der Waals surface area contributed by atoms with E-state index in [4.69, 9.17) is 18.9 Å². The van der Waals surface area contributed by atoms with Crippen molar-refractivity contribution < 1.29 is 29.2 Å². The first-order valence-electron chi connectivity index (χ1n) is 31.0. The molecule has 0 spiro atoms. The number of hydrogen-bond acceptors (Lipinski definition) is 6. The van der Waals surface area contributed by atoms with Crippen LogP contribution in [0.25, 0.3) is 0 Å². The minimum Gasteiger partial charge on any atom is -0.491 e. The molecule has 0 heterocycles. The van der Waals surface area contributed by atoms with Gasteiger partial charge in [0.1, 0.15) is 42.2 Å². The van der Waals surface area contributed by atoms with Crippen molar-refractivity contribution in [1.29, 1.82) is 0 Å². The monoisotopic (exact) mass is 1060 g/mol. The van der Waals surface area contributed by atoms with E-state index in [1.54, 1.807) is 0 Å². The van der Waals surface area contributed by atoms with Crippen molar-refractivity contribution >= 4 is 0 Å². The van der Waals surface area contributed by atoms with Crippen molar-refractivity contribution in [2.75, 3.05) is 19.8 Å². The molecule has 6 nitrogen and oxygen atoms in total. The van der Waals surface area contributed by atoms with Crippen LogP contribution in [0.2, 0.25) is 0 Å². The van der Waals surface area contributed by atoms with Gasteiger partial charge >= 0.3 is 0 Å². The fourth-order valence-corrected chi connectivity index (χ4v) is 10.2. The van der Waals surface area contributed by atoms with Crippen LogP contribution >= 0.6 is 0 Å². The quantitative estimate of drug-likeness (QED) is 0.0339. The van der Waals surface area contributed by atoms with Crippen LogP contribution in [0.1, 0.15) is 244 Å². The molecule has 4 unspecified atom stereocenters. The summed E-state index contributed by atoms with van der Waals surface area (Å²) in [5, 5.41) is 22.2. The van der Waals surface area contributed by atoms with E-state index in [0.717, 1.165) is 48.5 Å². The molecule has 0 aromatic heterocycles. The lowest BCUT2D eigenvalue weighted by Crippen LogP contribution is -2.37. The topological polar surface area (TPSA) is 77.4 Å². The van der Waals surface area contributed by atoms with Crippen LogP contribution in [0.15, 0.2) is 121 Å². The molecule has 0 saturated heterocycles. The predicted molar refractivity (Wildman–Crippen MR) is 327 cm³/mol. The summed E-state index contributed by atoms with van der Waals surface area (Å²) in [5.41, 5.74) is 4.65. The van der Waals surface area contributed by atoms with Crippen molar-refractivity contribution in [3.63, 3.8) is 0 Å². The number of aliphatic hydroxyl groups excluding tert-OH is 2. The number of unbranched alkanes of at least 4 members (excludes halogenated alkanes) is 18. The Hall–Kier alpha value is -4.36. The molecule has 4 aromatic carbocycles. The Bertz CT molecular complexity index is 2180. The maximum Gasteiger partial charge on any atom is 0.120 e. The van der Waals surface area contributed by atoms with Gasteiger partial charge in [-0.05, 0) is 155 Å². The van der Waals surface area contributed by atoms with Crippen LogP contribution in [-0.2, 0) is 28.6 Å². The Balaban J connectivity index is 1.15. The number of aryl methyl sites for hydroxylation is 2. The molecule has 6 heteroatoms. The fourth-order valence-electron chi connectivity index (χ4n) is 10.2. The molecule has 4 rings (SSSR count). The maximum absolute atomic E-state index is 11.2. The van der Waals surface area contributed by atoms with Gasteiger partial charge in [-0.2, -0.15) is 0 Å². The summed E-state index contributed by atoms with van der Waals surface area (Å²) < 4.78 is 25.3. The van der Waals surface area contributed by atoms with Gasteiger partial charge in [0.15, 0.2) is 0 Å². The predicted octanol–water partition coefficient (Wildman–Crippen LogP) is 19.3. The first-order valence-corrected chi connectivity index (χ1v) is 31.0. The molecule has 0 radical (unpaired) electrons. The summed E-state index contributed by atoms with van der Waals surface area (Å²) >= 11 is 0. The summed E-state index contributed by atoms with van der Waals surface area (Å²) in [7, 11) is 0. The highest BCUT2D eigenvalue weighted by atomic mass is 16.5. The van der Waals surface area contributed by atoms with Gasteiger partial charge in [-0.25, -0.2) is 0 Å². The highest BCUT2D eigenvalue weighted by Crippen LogP contribution is 2.37. The number of hydrogen-bond donors (Lipinski definition) is 2. The van der Waals surface area contributed by atoms with E-state index in [1.807, 2.05) is 12.1 Å². The lowest BCUT2D eigenvalue weighted by atomic mass is 9.77. The van der Waals surface area contributed by atoms with Crippen LogP contribution < -0.4 is 14.2 Å². The molecule has 0 aliphatic heterocycles. The van der Waals surface area contributed by atoms with E-state index in [9.17, 15) is 10.2 Å². The summed E-state index contributed by atoms with van der Waals surface area (Å²) in [5.74, 6) is 2.39. The standard InChI is InChI=1S/C71H108O6/c1-9-13-15-17-19-21-23-25-27-29-31-33-35-39-59-41-37-43-67(53-59)74-56-64(72)55-70(7,11-3)77-66-51-49-62(50-52-66)69(5,6)61-45-47-63(48-46-61)71(8,12-4)76-58-65(73)57-75-68-44-38-42-60(54-68)40-36-34-32-30-28-26-24-22-20-18-16-14-10-2/h17-20,37-38,41-54,64-65,72-73H,9-16,21-36,39-40,55-58H2,1-8H3/b19-17+,20-18+. The van der Waals surface area contributed by atoms with Crippen molar-refractivity contribution in [2.24, 2.45) is 0 Å². The van der Waals surface area contributed by atoms with E-state index in [0.29, 0.717) is 6.42 Å². The second-order valence-corrected chi connectivity index (χ2v) is 23.2. The van der Waals surface area contributed by atoms with Crippen molar-refractivity contribution in [1.82, 2.24) is 0 Å². The zero-order chi connectivity index (χ0) is 55.5. The lowest BCUT2D eigenvalue weighted by molar-refractivity contribution is -0.0836. The highest BCUT2D eigenvalue weighted by molar-refractivity contribution is 5.42. The molecule has 4 atom stereocenters. The molecule has 4 aromatic rings. The molecular formula is C71H108O6. The van der Waals surface area contributed by atoms with Crippen molar-refractivity contribution in [2.45, 2.75) is 258 Å². The number of allylic oxidation sites excluding steroid dienone is 4. The molecule has 2 N–H and O–H groups in total. The molecule has 0 saturated carbocycles.